The number of hydrogen-bond acceptors (Lipinski definition) is 3. The number of nitrogens with zero attached hydrogens (tertiary/aromatic N) is 2. The lowest BCUT2D eigenvalue weighted by atomic mass is 10.2. The van der Waals surface area contributed by atoms with Gasteiger partial charge in [0.05, 0.1) is 12.2 Å². The Kier molecular flexibility index (Phi) is 4.69. The second-order valence-electron chi connectivity index (χ2n) is 4.91. The first-order chi connectivity index (χ1) is 11.3. The molecular weight excluding hydrogens is 290 g/mol. The molecule has 0 spiro atoms. The van der Waals surface area contributed by atoms with Crippen LogP contribution in [0.1, 0.15) is 10.4 Å². The molecule has 5 nitrogen and oxygen atoms in total. The van der Waals surface area contributed by atoms with Gasteiger partial charge < -0.3 is 10.1 Å². The number of carbonyl (C=O) groups excluding carboxylic acids is 1. The summed E-state index contributed by atoms with van der Waals surface area (Å²) >= 11 is 0. The van der Waals surface area contributed by atoms with Crippen molar-refractivity contribution in [1.29, 1.82) is 0 Å². The molecule has 1 aromatic heterocycles. The first-order valence-electron chi connectivity index (χ1n) is 7.39. The molecule has 5 heteroatoms. The van der Waals surface area contributed by atoms with Crippen molar-refractivity contribution < 1.29 is 9.53 Å². The zero-order valence-corrected chi connectivity index (χ0v) is 12.6. The standard InChI is InChI=1S/C18H17N3O2/c22-18(19-12-14-23-17-5-2-1-3-6-17)15-7-9-16(10-8-15)21-13-4-11-20-21/h1-11,13H,12,14H2,(H,19,22). The van der Waals surface area contributed by atoms with Crippen molar-refractivity contribution in [1.82, 2.24) is 15.1 Å². The van der Waals surface area contributed by atoms with E-state index in [-0.39, 0.29) is 5.91 Å². The van der Waals surface area contributed by atoms with E-state index < -0.39 is 0 Å². The second kappa shape index (κ2) is 7.26. The number of amides is 1. The van der Waals surface area contributed by atoms with E-state index in [1.54, 1.807) is 23.0 Å². The van der Waals surface area contributed by atoms with Crippen LogP contribution in [0.5, 0.6) is 5.75 Å². The average Bonchev–Trinajstić information content (AvgIpc) is 3.14. The molecule has 0 saturated carbocycles. The van der Waals surface area contributed by atoms with Gasteiger partial charge in [0.2, 0.25) is 0 Å². The fraction of sp³-hybridized carbons (Fsp3) is 0.111. The van der Waals surface area contributed by atoms with Gasteiger partial charge in [-0.1, -0.05) is 18.2 Å². The van der Waals surface area contributed by atoms with Crippen LogP contribution in [0, 0.1) is 0 Å². The number of hydrogen-bond donors (Lipinski definition) is 1. The fourth-order valence-corrected chi connectivity index (χ4v) is 2.14. The molecule has 0 fully saturated rings. The zero-order valence-electron chi connectivity index (χ0n) is 12.6. The highest BCUT2D eigenvalue weighted by atomic mass is 16.5. The van der Waals surface area contributed by atoms with Crippen molar-refractivity contribution in [3.8, 4) is 11.4 Å². The summed E-state index contributed by atoms with van der Waals surface area (Å²) in [5.41, 5.74) is 1.53. The minimum atomic E-state index is -0.117. The molecule has 0 aliphatic rings. The van der Waals surface area contributed by atoms with E-state index in [9.17, 15) is 4.79 Å². The van der Waals surface area contributed by atoms with Gasteiger partial charge in [0.25, 0.3) is 5.91 Å². The molecule has 0 atom stereocenters. The van der Waals surface area contributed by atoms with Crippen molar-refractivity contribution >= 4 is 5.91 Å². The molecule has 2 aromatic carbocycles. The van der Waals surface area contributed by atoms with Gasteiger partial charge in [0.15, 0.2) is 0 Å². The quantitative estimate of drug-likeness (QED) is 0.712. The number of ether oxygens (including phenoxy) is 1. The van der Waals surface area contributed by atoms with E-state index in [4.69, 9.17) is 4.74 Å². The SMILES string of the molecule is O=C(NCCOc1ccccc1)c1ccc(-n2cccn2)cc1. The fourth-order valence-electron chi connectivity index (χ4n) is 2.14. The van der Waals surface area contributed by atoms with Crippen LogP contribution in [-0.2, 0) is 0 Å². The summed E-state index contributed by atoms with van der Waals surface area (Å²) in [5, 5.41) is 6.99. The summed E-state index contributed by atoms with van der Waals surface area (Å²) < 4.78 is 7.28. The Morgan fingerprint density at radius 2 is 1.83 bits per heavy atom. The Morgan fingerprint density at radius 3 is 2.52 bits per heavy atom. The molecule has 0 aliphatic heterocycles. The second-order valence-corrected chi connectivity index (χ2v) is 4.91. The predicted molar refractivity (Wildman–Crippen MR) is 87.8 cm³/mol. The van der Waals surface area contributed by atoms with Crippen LogP contribution in [0.4, 0.5) is 0 Å². The maximum Gasteiger partial charge on any atom is 0.251 e. The zero-order chi connectivity index (χ0) is 15.9. The average molecular weight is 307 g/mol. The van der Waals surface area contributed by atoms with E-state index in [1.807, 2.05) is 54.7 Å². The maximum atomic E-state index is 12.1. The minimum Gasteiger partial charge on any atom is -0.492 e. The number of rotatable bonds is 6. The van der Waals surface area contributed by atoms with Gasteiger partial charge in [-0.2, -0.15) is 5.10 Å². The van der Waals surface area contributed by atoms with E-state index in [0.29, 0.717) is 18.7 Å². The third-order valence-corrected chi connectivity index (χ3v) is 3.30. The molecule has 0 unspecified atom stereocenters. The number of nitrogens with one attached hydrogen (secondary N) is 1. The summed E-state index contributed by atoms with van der Waals surface area (Å²) in [6.45, 7) is 0.885. The number of carbonyl (C=O) groups is 1. The van der Waals surface area contributed by atoms with Crippen molar-refractivity contribution in [3.05, 3.63) is 78.6 Å². The van der Waals surface area contributed by atoms with Gasteiger partial charge >= 0.3 is 0 Å². The van der Waals surface area contributed by atoms with Crippen LogP contribution in [0.25, 0.3) is 5.69 Å². The summed E-state index contributed by atoms with van der Waals surface area (Å²) in [6.07, 6.45) is 3.57. The van der Waals surface area contributed by atoms with Crippen LogP contribution in [0.3, 0.4) is 0 Å². The van der Waals surface area contributed by atoms with Crippen molar-refractivity contribution in [2.24, 2.45) is 0 Å². The first-order valence-corrected chi connectivity index (χ1v) is 7.39. The lowest BCUT2D eigenvalue weighted by Gasteiger charge is -2.08. The Morgan fingerprint density at radius 1 is 1.04 bits per heavy atom. The summed E-state index contributed by atoms with van der Waals surface area (Å²) in [6, 6.07) is 18.7. The summed E-state index contributed by atoms with van der Waals surface area (Å²) in [7, 11) is 0. The monoisotopic (exact) mass is 307 g/mol. The Balaban J connectivity index is 1.48. The van der Waals surface area contributed by atoms with Gasteiger partial charge in [-0.3, -0.25) is 4.79 Å². The van der Waals surface area contributed by atoms with E-state index >= 15 is 0 Å². The van der Waals surface area contributed by atoms with Crippen LogP contribution < -0.4 is 10.1 Å². The highest BCUT2D eigenvalue weighted by molar-refractivity contribution is 5.94. The molecule has 3 rings (SSSR count). The smallest absolute Gasteiger partial charge is 0.251 e. The van der Waals surface area contributed by atoms with Gasteiger partial charge in [0.1, 0.15) is 12.4 Å². The number of para-hydroxylation sites is 1. The third-order valence-electron chi connectivity index (χ3n) is 3.30. The Labute approximate surface area is 134 Å². The van der Waals surface area contributed by atoms with E-state index in [2.05, 4.69) is 10.4 Å². The molecular formula is C18H17N3O2. The predicted octanol–water partition coefficient (Wildman–Crippen LogP) is 2.68. The molecule has 0 aliphatic carbocycles. The first kappa shape index (κ1) is 14.8. The molecule has 0 bridgehead atoms. The Bertz CT molecular complexity index is 738. The van der Waals surface area contributed by atoms with Gasteiger partial charge in [-0.25, -0.2) is 4.68 Å². The van der Waals surface area contributed by atoms with Crippen LogP contribution in [-0.4, -0.2) is 28.8 Å². The third kappa shape index (κ3) is 3.97. The van der Waals surface area contributed by atoms with Gasteiger partial charge in [0, 0.05) is 18.0 Å². The highest BCUT2D eigenvalue weighted by Crippen LogP contribution is 2.09. The molecule has 0 radical (unpaired) electrons. The summed E-state index contributed by atoms with van der Waals surface area (Å²) in [4.78, 5) is 12.1. The largest absolute Gasteiger partial charge is 0.492 e. The maximum absolute atomic E-state index is 12.1. The normalized spacial score (nSPS) is 10.3. The molecule has 23 heavy (non-hydrogen) atoms. The topological polar surface area (TPSA) is 56.1 Å². The lowest BCUT2D eigenvalue weighted by Crippen LogP contribution is -2.28. The van der Waals surface area contributed by atoms with E-state index in [1.165, 1.54) is 0 Å². The van der Waals surface area contributed by atoms with Gasteiger partial charge in [-0.15, -0.1) is 0 Å². The van der Waals surface area contributed by atoms with Crippen LogP contribution in [0.15, 0.2) is 73.1 Å². The molecule has 116 valence electrons. The lowest BCUT2D eigenvalue weighted by molar-refractivity contribution is 0.0947. The molecule has 0 saturated heterocycles. The molecule has 1 amide bonds. The van der Waals surface area contributed by atoms with E-state index in [0.717, 1.165) is 11.4 Å². The van der Waals surface area contributed by atoms with Crippen LogP contribution in [0.2, 0.25) is 0 Å². The molecule has 3 aromatic rings. The van der Waals surface area contributed by atoms with Crippen molar-refractivity contribution in [3.63, 3.8) is 0 Å². The van der Waals surface area contributed by atoms with Crippen LogP contribution >= 0.6 is 0 Å². The number of aromatic nitrogens is 2. The minimum absolute atomic E-state index is 0.117. The number of benzene rings is 2. The van der Waals surface area contributed by atoms with Crippen molar-refractivity contribution in [2.45, 2.75) is 0 Å². The van der Waals surface area contributed by atoms with Gasteiger partial charge in [-0.05, 0) is 42.5 Å². The Hall–Kier alpha value is -3.08. The molecule has 1 N–H and O–H groups in total. The molecule has 1 heterocycles. The highest BCUT2D eigenvalue weighted by Gasteiger charge is 2.05. The summed E-state index contributed by atoms with van der Waals surface area (Å²) in [5.74, 6) is 0.680. The van der Waals surface area contributed by atoms with Crippen molar-refractivity contribution in [2.75, 3.05) is 13.2 Å².